The van der Waals surface area contributed by atoms with Gasteiger partial charge in [-0.2, -0.15) is 0 Å². The van der Waals surface area contributed by atoms with Crippen LogP contribution in [0.25, 0.3) is 10.9 Å². The lowest BCUT2D eigenvalue weighted by Gasteiger charge is -2.51. The van der Waals surface area contributed by atoms with Crippen molar-refractivity contribution in [2.45, 2.75) is 43.6 Å². The number of piperidine rings is 1. The van der Waals surface area contributed by atoms with E-state index in [1.807, 2.05) is 48.0 Å². The van der Waals surface area contributed by atoms with E-state index < -0.39 is 6.04 Å². The Kier molecular flexibility index (Phi) is 6.30. The van der Waals surface area contributed by atoms with Gasteiger partial charge in [0.25, 0.3) is 0 Å². The molecule has 5 rings (SSSR count). The van der Waals surface area contributed by atoms with Gasteiger partial charge in [0, 0.05) is 55.2 Å². The van der Waals surface area contributed by atoms with Crippen molar-refractivity contribution in [3.63, 3.8) is 0 Å². The first-order chi connectivity index (χ1) is 16.8. The average Bonchev–Trinajstić information content (AvgIpc) is 3.10. The first kappa shape index (κ1) is 24.1. The molecule has 1 saturated heterocycles. The summed E-state index contributed by atoms with van der Waals surface area (Å²) < 4.78 is 7.64. The Labute approximate surface area is 207 Å². The Morgan fingerprint density at radius 1 is 1.20 bits per heavy atom. The van der Waals surface area contributed by atoms with Crippen LogP contribution in [0, 0.1) is 5.92 Å². The molecule has 1 aliphatic carbocycles. The second-order valence-electron chi connectivity index (χ2n) is 10.9. The topological polar surface area (TPSA) is 78.2 Å². The van der Waals surface area contributed by atoms with E-state index >= 15 is 0 Å². The third-order valence-corrected chi connectivity index (χ3v) is 8.58. The maximum Gasteiger partial charge on any atom is 0.237 e. The number of ether oxygens (including phenoxy) is 1. The minimum absolute atomic E-state index is 0.0230. The molecule has 0 bridgehead atoms. The molecule has 190 valence electrons. The number of hydrogen-bond acceptors (Lipinski definition) is 5. The van der Waals surface area contributed by atoms with Crippen molar-refractivity contribution >= 4 is 22.7 Å². The molecule has 1 saturated carbocycles. The molecule has 1 aromatic carbocycles. The Morgan fingerprint density at radius 3 is 2.49 bits per heavy atom. The zero-order valence-electron chi connectivity index (χ0n) is 21.4. The standard InChI is InChI=1S/C27H38N4O4/c1-28(2)15-23(33)31-17-27(10-12-30(13-11-27)26(34)18-6-5-7-18)24-20-9-8-19(35-4)14-21(20)29(3)25(24)22(31)16-32/h8-9,14,18,22,32H,5-7,10-13,15-17H2,1-4H3/t22-/m0/s1. The largest absolute Gasteiger partial charge is 0.497 e. The van der Waals surface area contributed by atoms with Crippen LogP contribution in [-0.2, 0) is 22.1 Å². The zero-order chi connectivity index (χ0) is 24.9. The van der Waals surface area contributed by atoms with Crippen molar-refractivity contribution in [1.29, 1.82) is 0 Å². The predicted molar refractivity (Wildman–Crippen MR) is 134 cm³/mol. The van der Waals surface area contributed by atoms with Crippen molar-refractivity contribution < 1.29 is 19.4 Å². The Bertz CT molecular complexity index is 1130. The summed E-state index contributed by atoms with van der Waals surface area (Å²) in [7, 11) is 7.47. The Balaban J connectivity index is 1.59. The summed E-state index contributed by atoms with van der Waals surface area (Å²) in [6, 6.07) is 5.74. The molecule has 3 heterocycles. The van der Waals surface area contributed by atoms with Crippen molar-refractivity contribution in [2.75, 3.05) is 54.0 Å². The van der Waals surface area contributed by atoms with Crippen LogP contribution in [0.5, 0.6) is 5.75 Å². The quantitative estimate of drug-likeness (QED) is 0.708. The summed E-state index contributed by atoms with van der Waals surface area (Å²) in [5, 5.41) is 11.7. The van der Waals surface area contributed by atoms with Crippen molar-refractivity contribution in [3.05, 3.63) is 29.5 Å². The SMILES string of the molecule is COc1ccc2c3c(n(C)c2c1)[C@H](CO)N(C(=O)CN(C)C)CC31CCN(C(=O)C2CCC2)CC1. The monoisotopic (exact) mass is 482 g/mol. The van der Waals surface area contributed by atoms with Crippen LogP contribution in [0.2, 0.25) is 0 Å². The highest BCUT2D eigenvalue weighted by molar-refractivity contribution is 5.90. The molecule has 8 nitrogen and oxygen atoms in total. The number of amides is 2. The zero-order valence-corrected chi connectivity index (χ0v) is 21.4. The number of fused-ring (bicyclic) bond motifs is 4. The summed E-state index contributed by atoms with van der Waals surface area (Å²) in [6.45, 7) is 2.15. The van der Waals surface area contributed by atoms with Crippen LogP contribution in [0.15, 0.2) is 18.2 Å². The van der Waals surface area contributed by atoms with Gasteiger partial charge in [-0.15, -0.1) is 0 Å². The Morgan fingerprint density at radius 2 is 1.91 bits per heavy atom. The van der Waals surface area contributed by atoms with E-state index in [0.717, 1.165) is 54.5 Å². The van der Waals surface area contributed by atoms with E-state index in [9.17, 15) is 14.7 Å². The molecular formula is C27H38N4O4. The number of hydrogen-bond donors (Lipinski definition) is 1. The van der Waals surface area contributed by atoms with E-state index in [4.69, 9.17) is 4.74 Å². The number of rotatable bonds is 5. The summed E-state index contributed by atoms with van der Waals surface area (Å²) in [5.41, 5.74) is 3.03. The smallest absolute Gasteiger partial charge is 0.237 e. The number of benzene rings is 1. The van der Waals surface area contributed by atoms with E-state index in [1.165, 1.54) is 5.56 Å². The van der Waals surface area contributed by atoms with Crippen LogP contribution >= 0.6 is 0 Å². The fourth-order valence-electron chi connectivity index (χ4n) is 6.46. The second-order valence-corrected chi connectivity index (χ2v) is 10.9. The number of nitrogens with zero attached hydrogens (tertiary/aromatic N) is 4. The van der Waals surface area contributed by atoms with Crippen LogP contribution in [0.4, 0.5) is 0 Å². The average molecular weight is 483 g/mol. The number of aryl methyl sites for hydroxylation is 1. The molecule has 0 unspecified atom stereocenters. The minimum atomic E-state index is -0.402. The fraction of sp³-hybridized carbons (Fsp3) is 0.630. The molecule has 3 aliphatic rings. The van der Waals surface area contributed by atoms with Gasteiger partial charge < -0.3 is 29.1 Å². The van der Waals surface area contributed by atoms with Gasteiger partial charge in [0.2, 0.25) is 11.8 Å². The molecule has 2 aliphatic heterocycles. The number of aromatic nitrogens is 1. The molecule has 2 amide bonds. The number of likely N-dealkylation sites (N-methyl/N-ethyl adjacent to an activating group) is 1. The van der Waals surface area contributed by atoms with E-state index in [0.29, 0.717) is 32.1 Å². The van der Waals surface area contributed by atoms with Crippen LogP contribution in [-0.4, -0.2) is 90.2 Å². The number of methoxy groups -OCH3 is 1. The molecule has 1 atom stereocenters. The fourth-order valence-corrected chi connectivity index (χ4v) is 6.46. The van der Waals surface area contributed by atoms with Crippen molar-refractivity contribution in [3.8, 4) is 5.75 Å². The molecule has 35 heavy (non-hydrogen) atoms. The molecule has 1 aromatic heterocycles. The molecule has 1 N–H and O–H groups in total. The molecule has 0 radical (unpaired) electrons. The van der Waals surface area contributed by atoms with Gasteiger partial charge in [0.05, 0.1) is 31.8 Å². The summed E-state index contributed by atoms with van der Waals surface area (Å²) in [5.74, 6) is 1.31. The molecule has 8 heteroatoms. The van der Waals surface area contributed by atoms with Crippen LogP contribution < -0.4 is 4.74 Å². The summed E-state index contributed by atoms with van der Waals surface area (Å²) in [4.78, 5) is 32.2. The number of likely N-dealkylation sites (tertiary alicyclic amines) is 1. The maximum absolute atomic E-state index is 13.4. The lowest BCUT2D eigenvalue weighted by Crippen LogP contribution is -2.57. The second kappa shape index (κ2) is 9.13. The van der Waals surface area contributed by atoms with Gasteiger partial charge in [-0.25, -0.2) is 0 Å². The Hall–Kier alpha value is -2.58. The third-order valence-electron chi connectivity index (χ3n) is 8.58. The molecule has 2 fully saturated rings. The highest BCUT2D eigenvalue weighted by Gasteiger charge is 2.50. The van der Waals surface area contributed by atoms with Gasteiger partial charge in [-0.3, -0.25) is 9.59 Å². The summed E-state index contributed by atoms with van der Waals surface area (Å²) >= 11 is 0. The van der Waals surface area contributed by atoms with Gasteiger partial charge in [0.1, 0.15) is 5.75 Å². The van der Waals surface area contributed by atoms with E-state index in [2.05, 4.69) is 10.6 Å². The van der Waals surface area contributed by atoms with Gasteiger partial charge >= 0.3 is 0 Å². The first-order valence-corrected chi connectivity index (χ1v) is 12.8. The van der Waals surface area contributed by atoms with Crippen LogP contribution in [0.1, 0.15) is 49.4 Å². The van der Waals surface area contributed by atoms with Crippen molar-refractivity contribution in [2.24, 2.45) is 13.0 Å². The van der Waals surface area contributed by atoms with Gasteiger partial charge in [-0.1, -0.05) is 6.42 Å². The number of aliphatic hydroxyl groups excluding tert-OH is 1. The maximum atomic E-state index is 13.4. The molecule has 2 aromatic rings. The predicted octanol–water partition coefficient (Wildman–Crippen LogP) is 2.28. The molecule has 1 spiro atoms. The van der Waals surface area contributed by atoms with Crippen molar-refractivity contribution in [1.82, 2.24) is 19.3 Å². The minimum Gasteiger partial charge on any atom is -0.497 e. The third kappa shape index (κ3) is 3.91. The first-order valence-electron chi connectivity index (χ1n) is 12.8. The van der Waals surface area contributed by atoms with E-state index in [-0.39, 0.29) is 23.8 Å². The number of carbonyl (C=O) groups is 2. The highest BCUT2D eigenvalue weighted by Crippen LogP contribution is 2.50. The number of carbonyl (C=O) groups excluding carboxylic acids is 2. The lowest BCUT2D eigenvalue weighted by molar-refractivity contribution is -0.142. The van der Waals surface area contributed by atoms with Crippen LogP contribution in [0.3, 0.4) is 0 Å². The van der Waals surface area contributed by atoms with Gasteiger partial charge in [-0.05, 0) is 57.5 Å². The normalized spacial score (nSPS) is 21.9. The number of aliphatic hydroxyl groups is 1. The highest BCUT2D eigenvalue weighted by atomic mass is 16.5. The lowest BCUT2D eigenvalue weighted by atomic mass is 9.68. The van der Waals surface area contributed by atoms with Gasteiger partial charge in [0.15, 0.2) is 0 Å². The summed E-state index contributed by atoms with van der Waals surface area (Å²) in [6.07, 6.45) is 4.81. The van der Waals surface area contributed by atoms with E-state index in [1.54, 1.807) is 7.11 Å². The molecular weight excluding hydrogens is 444 g/mol.